The molecule has 0 spiro atoms. The Morgan fingerprint density at radius 3 is 2.62 bits per heavy atom. The zero-order valence-electron chi connectivity index (χ0n) is 5.56. The van der Waals surface area contributed by atoms with E-state index in [0.717, 1.165) is 6.16 Å². The average molecular weight is 130 g/mol. The van der Waals surface area contributed by atoms with Crippen LogP contribution in [0.3, 0.4) is 0 Å². The van der Waals surface area contributed by atoms with E-state index in [1.807, 2.05) is 0 Å². The first-order chi connectivity index (χ1) is 3.91. The summed E-state index contributed by atoms with van der Waals surface area (Å²) in [7, 11) is 2.68. The topological polar surface area (TPSA) is 0 Å². The maximum Gasteiger partial charge on any atom is -0.0200 e. The fraction of sp³-hybridized carbons (Fsp3) is 0.714. The van der Waals surface area contributed by atoms with Gasteiger partial charge >= 0.3 is 0 Å². The van der Waals surface area contributed by atoms with E-state index in [9.17, 15) is 0 Å². The molecule has 0 rings (SSSR count). The van der Waals surface area contributed by atoms with Crippen LogP contribution in [-0.2, 0) is 0 Å². The summed E-state index contributed by atoms with van der Waals surface area (Å²) < 4.78 is 0. The van der Waals surface area contributed by atoms with Crippen molar-refractivity contribution < 1.29 is 0 Å². The summed E-state index contributed by atoms with van der Waals surface area (Å²) in [6.45, 7) is 2.22. The van der Waals surface area contributed by atoms with Crippen LogP contribution in [0.1, 0.15) is 26.2 Å². The molecule has 0 aliphatic carbocycles. The Labute approximate surface area is 54.6 Å². The van der Waals surface area contributed by atoms with E-state index in [4.69, 9.17) is 0 Å². The normalized spacial score (nSPS) is 10.8. The second-order valence-electron chi connectivity index (χ2n) is 1.85. The van der Waals surface area contributed by atoms with Crippen molar-refractivity contribution in [2.45, 2.75) is 26.2 Å². The van der Waals surface area contributed by atoms with Crippen LogP contribution in [0.2, 0.25) is 0 Å². The minimum absolute atomic E-state index is 1.10. The minimum Gasteiger partial charge on any atom is -0.134 e. The number of unbranched alkanes of at least 4 members (excludes halogenated alkanes) is 2. The Morgan fingerprint density at radius 1 is 1.38 bits per heavy atom. The summed E-state index contributed by atoms with van der Waals surface area (Å²) in [4.78, 5) is 0. The molecule has 0 aromatic heterocycles. The molecule has 1 heteroatoms. The molecule has 0 aliphatic rings. The molecular formula is C7H15P. The number of rotatable bonds is 4. The van der Waals surface area contributed by atoms with E-state index < -0.39 is 0 Å². The van der Waals surface area contributed by atoms with Crippen LogP contribution in [0, 0.1) is 0 Å². The monoisotopic (exact) mass is 130 g/mol. The highest BCUT2D eigenvalue weighted by atomic mass is 31.0. The van der Waals surface area contributed by atoms with Crippen LogP contribution in [0.25, 0.3) is 0 Å². The molecule has 0 nitrogen and oxygen atoms in total. The van der Waals surface area contributed by atoms with Gasteiger partial charge in [0.2, 0.25) is 0 Å². The van der Waals surface area contributed by atoms with Gasteiger partial charge in [-0.25, -0.2) is 0 Å². The van der Waals surface area contributed by atoms with Gasteiger partial charge in [-0.05, 0) is 12.6 Å². The summed E-state index contributed by atoms with van der Waals surface area (Å²) in [5, 5.41) is 0. The molecule has 0 saturated carbocycles. The standard InChI is InChI=1S/C7H15P/c1-2-3-4-5-6-7-8/h5-6H,2-4,7-8H2,1H3. The van der Waals surface area contributed by atoms with Crippen molar-refractivity contribution in [1.29, 1.82) is 0 Å². The van der Waals surface area contributed by atoms with E-state index in [1.165, 1.54) is 19.3 Å². The molecule has 48 valence electrons. The third-order valence-electron chi connectivity index (χ3n) is 1.03. The Kier molecular flexibility index (Phi) is 7.32. The molecule has 0 saturated heterocycles. The molecule has 0 fully saturated rings. The lowest BCUT2D eigenvalue weighted by Gasteiger charge is -1.85. The Hall–Kier alpha value is 0.170. The molecule has 1 unspecified atom stereocenters. The van der Waals surface area contributed by atoms with Gasteiger partial charge in [-0.1, -0.05) is 31.9 Å². The van der Waals surface area contributed by atoms with Crippen molar-refractivity contribution in [3.05, 3.63) is 12.2 Å². The van der Waals surface area contributed by atoms with Crippen molar-refractivity contribution in [3.8, 4) is 0 Å². The lowest BCUT2D eigenvalue weighted by molar-refractivity contribution is 0.814. The molecule has 0 aromatic carbocycles. The number of hydrogen-bond acceptors (Lipinski definition) is 0. The van der Waals surface area contributed by atoms with E-state index >= 15 is 0 Å². The molecule has 1 atom stereocenters. The summed E-state index contributed by atoms with van der Waals surface area (Å²) >= 11 is 0. The van der Waals surface area contributed by atoms with Gasteiger partial charge in [0, 0.05) is 0 Å². The lowest BCUT2D eigenvalue weighted by Crippen LogP contribution is -1.66. The predicted octanol–water partition coefficient (Wildman–Crippen LogP) is 2.61. The highest BCUT2D eigenvalue weighted by Crippen LogP contribution is 1.95. The molecule has 0 aromatic rings. The van der Waals surface area contributed by atoms with Crippen LogP contribution < -0.4 is 0 Å². The van der Waals surface area contributed by atoms with Gasteiger partial charge in [-0.15, -0.1) is 9.24 Å². The summed E-state index contributed by atoms with van der Waals surface area (Å²) in [5.41, 5.74) is 0. The molecular weight excluding hydrogens is 115 g/mol. The highest BCUT2D eigenvalue weighted by molar-refractivity contribution is 7.16. The highest BCUT2D eigenvalue weighted by Gasteiger charge is 1.74. The van der Waals surface area contributed by atoms with E-state index in [0.29, 0.717) is 0 Å². The second-order valence-corrected chi connectivity index (χ2v) is 2.32. The van der Waals surface area contributed by atoms with Crippen LogP contribution in [0.15, 0.2) is 12.2 Å². The Morgan fingerprint density at radius 2 is 2.12 bits per heavy atom. The molecule has 0 N–H and O–H groups in total. The largest absolute Gasteiger partial charge is 0.134 e. The Bertz CT molecular complexity index is 57.4. The van der Waals surface area contributed by atoms with Gasteiger partial charge in [0.1, 0.15) is 0 Å². The van der Waals surface area contributed by atoms with Gasteiger partial charge in [0.05, 0.1) is 0 Å². The second kappa shape index (κ2) is 7.17. The van der Waals surface area contributed by atoms with Crippen molar-refractivity contribution in [1.82, 2.24) is 0 Å². The third kappa shape index (κ3) is 6.17. The van der Waals surface area contributed by atoms with Gasteiger partial charge in [-0.2, -0.15) is 0 Å². The first-order valence-electron chi connectivity index (χ1n) is 3.27. The van der Waals surface area contributed by atoms with Crippen LogP contribution in [0.4, 0.5) is 0 Å². The van der Waals surface area contributed by atoms with Crippen LogP contribution in [-0.4, -0.2) is 6.16 Å². The van der Waals surface area contributed by atoms with E-state index in [1.54, 1.807) is 0 Å². The summed E-state index contributed by atoms with van der Waals surface area (Å²) in [6.07, 6.45) is 9.44. The fourth-order valence-corrected chi connectivity index (χ4v) is 0.729. The molecule has 8 heavy (non-hydrogen) atoms. The SMILES string of the molecule is CCCCC=CCP. The van der Waals surface area contributed by atoms with E-state index in [2.05, 4.69) is 28.3 Å². The Balaban J connectivity index is 2.80. The van der Waals surface area contributed by atoms with Crippen molar-refractivity contribution >= 4 is 9.24 Å². The smallest absolute Gasteiger partial charge is 0.0200 e. The molecule has 0 aliphatic heterocycles. The number of allylic oxidation sites excluding steroid dienone is 2. The summed E-state index contributed by atoms with van der Waals surface area (Å²) in [6, 6.07) is 0. The molecule has 0 amide bonds. The van der Waals surface area contributed by atoms with Crippen molar-refractivity contribution in [3.63, 3.8) is 0 Å². The maximum absolute atomic E-state index is 2.68. The first-order valence-corrected chi connectivity index (χ1v) is 4.08. The molecule has 0 heterocycles. The zero-order chi connectivity index (χ0) is 6.24. The number of hydrogen-bond donors (Lipinski definition) is 0. The molecule has 0 radical (unpaired) electrons. The quantitative estimate of drug-likeness (QED) is 0.312. The minimum atomic E-state index is 1.10. The van der Waals surface area contributed by atoms with Crippen molar-refractivity contribution in [2.75, 3.05) is 6.16 Å². The van der Waals surface area contributed by atoms with Crippen LogP contribution >= 0.6 is 9.24 Å². The molecule has 0 bridgehead atoms. The zero-order valence-corrected chi connectivity index (χ0v) is 6.72. The average Bonchev–Trinajstić information content (AvgIpc) is 1.81. The van der Waals surface area contributed by atoms with Gasteiger partial charge in [-0.3, -0.25) is 0 Å². The summed E-state index contributed by atoms with van der Waals surface area (Å²) in [5.74, 6) is 0. The van der Waals surface area contributed by atoms with Gasteiger partial charge in [0.25, 0.3) is 0 Å². The third-order valence-corrected chi connectivity index (χ3v) is 1.30. The van der Waals surface area contributed by atoms with Gasteiger partial charge in [0.15, 0.2) is 0 Å². The first kappa shape index (κ1) is 8.17. The van der Waals surface area contributed by atoms with Crippen molar-refractivity contribution in [2.24, 2.45) is 0 Å². The van der Waals surface area contributed by atoms with Gasteiger partial charge < -0.3 is 0 Å². The predicted molar refractivity (Wildman–Crippen MR) is 43.2 cm³/mol. The lowest BCUT2D eigenvalue weighted by atomic mass is 10.2. The fourth-order valence-electron chi connectivity index (χ4n) is 0.536. The van der Waals surface area contributed by atoms with E-state index in [-0.39, 0.29) is 0 Å². The van der Waals surface area contributed by atoms with Crippen LogP contribution in [0.5, 0.6) is 0 Å². The maximum atomic E-state index is 2.68.